The fourth-order valence-electron chi connectivity index (χ4n) is 2.39. The number of imidazole rings is 1. The van der Waals surface area contributed by atoms with Gasteiger partial charge in [0.05, 0.1) is 0 Å². The highest BCUT2D eigenvalue weighted by Crippen LogP contribution is 2.22. The molecule has 2 rings (SSSR count). The quantitative estimate of drug-likeness (QED) is 0.764. The van der Waals surface area contributed by atoms with Crippen LogP contribution in [-0.4, -0.2) is 35.2 Å². The molecule has 1 atom stereocenters. The van der Waals surface area contributed by atoms with E-state index in [9.17, 15) is 0 Å². The Balaban J connectivity index is 1.95. The number of anilines is 1. The monoisotopic (exact) mass is 222 g/mol. The van der Waals surface area contributed by atoms with Gasteiger partial charge in [-0.15, -0.1) is 0 Å². The van der Waals surface area contributed by atoms with Crippen LogP contribution in [0.2, 0.25) is 0 Å². The van der Waals surface area contributed by atoms with Crippen molar-refractivity contribution in [3.8, 4) is 0 Å². The van der Waals surface area contributed by atoms with Gasteiger partial charge in [0, 0.05) is 38.6 Å². The van der Waals surface area contributed by atoms with E-state index in [0.29, 0.717) is 6.04 Å². The van der Waals surface area contributed by atoms with Crippen molar-refractivity contribution in [2.75, 3.05) is 24.5 Å². The molecule has 0 amide bonds. The van der Waals surface area contributed by atoms with Crippen LogP contribution in [0.3, 0.4) is 0 Å². The minimum atomic E-state index is 0.618. The van der Waals surface area contributed by atoms with Crippen LogP contribution in [-0.2, 0) is 7.05 Å². The molecule has 90 valence electrons. The number of rotatable bonds is 5. The first-order valence-corrected chi connectivity index (χ1v) is 6.27. The molecule has 0 bridgehead atoms. The second kappa shape index (κ2) is 5.34. The molecule has 16 heavy (non-hydrogen) atoms. The van der Waals surface area contributed by atoms with E-state index in [1.165, 1.54) is 19.3 Å². The smallest absolute Gasteiger partial charge is 0.205 e. The SMILES string of the molecule is CCCNCC1CCCN1c1nccn1C. The van der Waals surface area contributed by atoms with Crippen LogP contribution in [0.5, 0.6) is 0 Å². The molecule has 0 radical (unpaired) electrons. The third kappa shape index (κ3) is 2.38. The van der Waals surface area contributed by atoms with Gasteiger partial charge >= 0.3 is 0 Å². The van der Waals surface area contributed by atoms with E-state index in [2.05, 4.69) is 33.7 Å². The first-order chi connectivity index (χ1) is 7.83. The molecule has 1 aromatic heterocycles. The molecule has 1 N–H and O–H groups in total. The molecule has 1 aromatic rings. The molecule has 0 aliphatic carbocycles. The zero-order valence-electron chi connectivity index (χ0n) is 10.3. The second-order valence-corrected chi connectivity index (χ2v) is 4.53. The van der Waals surface area contributed by atoms with Crippen molar-refractivity contribution in [1.82, 2.24) is 14.9 Å². The van der Waals surface area contributed by atoms with Crippen LogP contribution >= 0.6 is 0 Å². The molecule has 2 heterocycles. The fourth-order valence-corrected chi connectivity index (χ4v) is 2.39. The van der Waals surface area contributed by atoms with Gasteiger partial charge in [-0.3, -0.25) is 0 Å². The summed E-state index contributed by atoms with van der Waals surface area (Å²) in [5.74, 6) is 1.11. The molecule has 4 heteroatoms. The lowest BCUT2D eigenvalue weighted by Crippen LogP contribution is -2.39. The van der Waals surface area contributed by atoms with Crippen molar-refractivity contribution in [2.24, 2.45) is 7.05 Å². The topological polar surface area (TPSA) is 33.1 Å². The van der Waals surface area contributed by atoms with Gasteiger partial charge in [-0.1, -0.05) is 6.92 Å². The second-order valence-electron chi connectivity index (χ2n) is 4.53. The Morgan fingerprint density at radius 2 is 2.44 bits per heavy atom. The van der Waals surface area contributed by atoms with Crippen molar-refractivity contribution in [3.63, 3.8) is 0 Å². The molecule has 1 aliphatic rings. The third-order valence-electron chi connectivity index (χ3n) is 3.24. The largest absolute Gasteiger partial charge is 0.338 e. The van der Waals surface area contributed by atoms with E-state index < -0.39 is 0 Å². The summed E-state index contributed by atoms with van der Waals surface area (Å²) >= 11 is 0. The first kappa shape index (κ1) is 11.5. The predicted molar refractivity (Wildman–Crippen MR) is 66.7 cm³/mol. The molecule has 0 spiro atoms. The van der Waals surface area contributed by atoms with Gasteiger partial charge in [0.15, 0.2) is 0 Å². The summed E-state index contributed by atoms with van der Waals surface area (Å²) in [5, 5.41) is 3.51. The molecule has 0 aromatic carbocycles. The van der Waals surface area contributed by atoms with E-state index in [4.69, 9.17) is 0 Å². The molecule has 1 unspecified atom stereocenters. The van der Waals surface area contributed by atoms with Crippen molar-refractivity contribution >= 4 is 5.95 Å². The van der Waals surface area contributed by atoms with Crippen molar-refractivity contribution in [1.29, 1.82) is 0 Å². The van der Waals surface area contributed by atoms with Crippen LogP contribution in [0.1, 0.15) is 26.2 Å². The zero-order chi connectivity index (χ0) is 11.4. The Bertz CT molecular complexity index is 321. The van der Waals surface area contributed by atoms with E-state index in [1.54, 1.807) is 0 Å². The van der Waals surface area contributed by atoms with E-state index in [1.807, 2.05) is 12.4 Å². The van der Waals surface area contributed by atoms with Crippen molar-refractivity contribution in [3.05, 3.63) is 12.4 Å². The highest BCUT2D eigenvalue weighted by atomic mass is 15.3. The first-order valence-electron chi connectivity index (χ1n) is 6.27. The number of nitrogens with zero attached hydrogens (tertiary/aromatic N) is 3. The van der Waals surface area contributed by atoms with Gasteiger partial charge in [0.25, 0.3) is 0 Å². The Kier molecular flexibility index (Phi) is 3.83. The number of hydrogen-bond donors (Lipinski definition) is 1. The molecular formula is C12H22N4. The average molecular weight is 222 g/mol. The van der Waals surface area contributed by atoms with Crippen LogP contribution in [0.25, 0.3) is 0 Å². The average Bonchev–Trinajstić information content (AvgIpc) is 2.87. The van der Waals surface area contributed by atoms with Gasteiger partial charge in [-0.05, 0) is 25.8 Å². The summed E-state index contributed by atoms with van der Waals surface area (Å²) in [6.07, 6.45) is 7.67. The van der Waals surface area contributed by atoms with E-state index in [-0.39, 0.29) is 0 Å². The maximum atomic E-state index is 4.44. The fraction of sp³-hybridized carbons (Fsp3) is 0.750. The number of aryl methyl sites for hydroxylation is 1. The minimum absolute atomic E-state index is 0.618. The Labute approximate surface area is 97.7 Å². The maximum Gasteiger partial charge on any atom is 0.205 e. The van der Waals surface area contributed by atoms with Crippen LogP contribution < -0.4 is 10.2 Å². The molecule has 1 aliphatic heterocycles. The van der Waals surface area contributed by atoms with Gasteiger partial charge < -0.3 is 14.8 Å². The molecule has 1 fully saturated rings. The lowest BCUT2D eigenvalue weighted by molar-refractivity contribution is 0.562. The lowest BCUT2D eigenvalue weighted by Gasteiger charge is -2.25. The Hall–Kier alpha value is -1.03. The predicted octanol–water partition coefficient (Wildman–Crippen LogP) is 1.39. The Morgan fingerprint density at radius 3 is 3.12 bits per heavy atom. The number of nitrogens with one attached hydrogen (secondary N) is 1. The van der Waals surface area contributed by atoms with Gasteiger partial charge in [-0.2, -0.15) is 0 Å². The van der Waals surface area contributed by atoms with Gasteiger partial charge in [-0.25, -0.2) is 4.98 Å². The van der Waals surface area contributed by atoms with E-state index >= 15 is 0 Å². The van der Waals surface area contributed by atoms with Crippen LogP contribution in [0.4, 0.5) is 5.95 Å². The van der Waals surface area contributed by atoms with Crippen molar-refractivity contribution in [2.45, 2.75) is 32.2 Å². The molecule has 0 saturated carbocycles. The Morgan fingerprint density at radius 1 is 1.56 bits per heavy atom. The summed E-state index contributed by atoms with van der Waals surface area (Å²) < 4.78 is 2.11. The maximum absolute atomic E-state index is 4.44. The van der Waals surface area contributed by atoms with Crippen LogP contribution in [0.15, 0.2) is 12.4 Å². The number of aromatic nitrogens is 2. The molecule has 4 nitrogen and oxygen atoms in total. The highest BCUT2D eigenvalue weighted by molar-refractivity contribution is 5.34. The van der Waals surface area contributed by atoms with Gasteiger partial charge in [0.1, 0.15) is 0 Å². The highest BCUT2D eigenvalue weighted by Gasteiger charge is 2.26. The standard InChI is InChI=1S/C12H22N4/c1-3-6-13-10-11-5-4-8-16(11)12-14-7-9-15(12)2/h7,9,11,13H,3-6,8,10H2,1-2H3. The zero-order valence-corrected chi connectivity index (χ0v) is 10.3. The summed E-state index contributed by atoms with van der Waals surface area (Å²) in [5.41, 5.74) is 0. The summed E-state index contributed by atoms with van der Waals surface area (Å²) in [6, 6.07) is 0.618. The summed E-state index contributed by atoms with van der Waals surface area (Å²) in [6.45, 7) is 5.55. The molecular weight excluding hydrogens is 200 g/mol. The lowest BCUT2D eigenvalue weighted by atomic mass is 10.2. The van der Waals surface area contributed by atoms with Crippen LogP contribution in [0, 0.1) is 0 Å². The third-order valence-corrected chi connectivity index (χ3v) is 3.24. The number of hydrogen-bond acceptors (Lipinski definition) is 3. The summed E-state index contributed by atoms with van der Waals surface area (Å²) in [7, 11) is 2.07. The van der Waals surface area contributed by atoms with Crippen molar-refractivity contribution < 1.29 is 0 Å². The molecule has 1 saturated heterocycles. The summed E-state index contributed by atoms with van der Waals surface area (Å²) in [4.78, 5) is 6.87. The van der Waals surface area contributed by atoms with E-state index in [0.717, 1.165) is 25.6 Å². The normalized spacial score (nSPS) is 20.6. The minimum Gasteiger partial charge on any atom is -0.338 e. The van der Waals surface area contributed by atoms with Gasteiger partial charge in [0.2, 0.25) is 5.95 Å².